The molecule has 2 rings (SSSR count). The van der Waals surface area contributed by atoms with Crippen molar-refractivity contribution in [1.82, 2.24) is 0 Å². The molecule has 1 heterocycles. The van der Waals surface area contributed by atoms with Crippen molar-refractivity contribution in [3.63, 3.8) is 0 Å². The lowest BCUT2D eigenvalue weighted by molar-refractivity contribution is 0.0999. The molecule has 0 aliphatic heterocycles. The van der Waals surface area contributed by atoms with Gasteiger partial charge in [-0.2, -0.15) is 8.42 Å². The number of hydrogen-bond acceptors (Lipinski definition) is 5. The molecule has 100 valence electrons. The van der Waals surface area contributed by atoms with E-state index in [2.05, 4.69) is 0 Å². The van der Waals surface area contributed by atoms with Gasteiger partial charge in [0.15, 0.2) is 9.96 Å². The molecule has 0 fully saturated rings. The molecule has 5 nitrogen and oxygen atoms in total. The summed E-state index contributed by atoms with van der Waals surface area (Å²) in [6.07, 6.45) is 0. The van der Waals surface area contributed by atoms with Crippen molar-refractivity contribution in [2.45, 2.75) is 4.21 Å². The van der Waals surface area contributed by atoms with Crippen molar-refractivity contribution < 1.29 is 17.4 Å². The van der Waals surface area contributed by atoms with Gasteiger partial charge in [-0.3, -0.25) is 4.79 Å². The first kappa shape index (κ1) is 13.9. The van der Waals surface area contributed by atoms with Crippen molar-refractivity contribution in [3.8, 4) is 5.75 Å². The Hall–Kier alpha value is -1.57. The van der Waals surface area contributed by atoms with Crippen molar-refractivity contribution in [1.29, 1.82) is 0 Å². The van der Waals surface area contributed by atoms with Crippen LogP contribution in [0.25, 0.3) is 0 Å². The van der Waals surface area contributed by atoms with Gasteiger partial charge in [-0.05, 0) is 24.3 Å². The van der Waals surface area contributed by atoms with Gasteiger partial charge in [0.05, 0.1) is 9.90 Å². The smallest absolute Gasteiger partial charge is 0.348 e. The van der Waals surface area contributed by atoms with Gasteiger partial charge in [0.2, 0.25) is 0 Å². The van der Waals surface area contributed by atoms with Crippen LogP contribution in [0, 0.1) is 0 Å². The third kappa shape index (κ3) is 3.06. The Balaban J connectivity index is 2.39. The van der Waals surface area contributed by atoms with Crippen LogP contribution in [0.2, 0.25) is 4.34 Å². The number of rotatable bonds is 4. The zero-order valence-corrected chi connectivity index (χ0v) is 11.8. The Morgan fingerprint density at radius 1 is 1.21 bits per heavy atom. The number of thiophene rings is 1. The van der Waals surface area contributed by atoms with E-state index in [0.717, 1.165) is 11.3 Å². The van der Waals surface area contributed by atoms with Crippen LogP contribution in [0.15, 0.2) is 40.6 Å². The van der Waals surface area contributed by atoms with Gasteiger partial charge in [0.25, 0.3) is 5.91 Å². The Morgan fingerprint density at radius 3 is 2.47 bits per heavy atom. The van der Waals surface area contributed by atoms with Crippen molar-refractivity contribution in [3.05, 3.63) is 46.3 Å². The summed E-state index contributed by atoms with van der Waals surface area (Å²) in [7, 11) is -4.02. The average molecular weight is 318 g/mol. The first-order chi connectivity index (χ1) is 8.90. The second-order valence-electron chi connectivity index (χ2n) is 3.46. The van der Waals surface area contributed by atoms with Gasteiger partial charge in [-0.15, -0.1) is 11.3 Å². The second kappa shape index (κ2) is 5.20. The van der Waals surface area contributed by atoms with E-state index in [4.69, 9.17) is 21.5 Å². The highest BCUT2D eigenvalue weighted by Gasteiger charge is 2.21. The van der Waals surface area contributed by atoms with Crippen LogP contribution in [0.4, 0.5) is 0 Å². The lowest BCUT2D eigenvalue weighted by Crippen LogP contribution is -2.15. The molecule has 0 aliphatic carbocycles. The van der Waals surface area contributed by atoms with Gasteiger partial charge < -0.3 is 9.92 Å². The van der Waals surface area contributed by atoms with Crippen molar-refractivity contribution in [2.75, 3.05) is 0 Å². The quantitative estimate of drug-likeness (QED) is 0.876. The molecule has 0 aliphatic rings. The van der Waals surface area contributed by atoms with E-state index in [0.29, 0.717) is 4.34 Å². The molecule has 2 aromatic rings. The molecule has 19 heavy (non-hydrogen) atoms. The van der Waals surface area contributed by atoms with Gasteiger partial charge in [0.1, 0.15) is 0 Å². The zero-order chi connectivity index (χ0) is 14.0. The standard InChI is InChI=1S/C11H8ClNO4S2/c12-9-5-6-10(18-9)19(15,16)17-8-4-2-1-3-7(8)11(13)14/h1-6H,(H2,13,14). The summed E-state index contributed by atoms with van der Waals surface area (Å²) >= 11 is 6.54. The summed E-state index contributed by atoms with van der Waals surface area (Å²) in [6.45, 7) is 0. The number of benzene rings is 1. The minimum absolute atomic E-state index is 0.00581. The number of nitrogens with two attached hydrogens (primary N) is 1. The summed E-state index contributed by atoms with van der Waals surface area (Å²) in [5.41, 5.74) is 5.14. The normalized spacial score (nSPS) is 11.2. The maximum atomic E-state index is 12.0. The fourth-order valence-corrected chi connectivity index (χ4v) is 3.73. The molecule has 2 N–H and O–H groups in total. The first-order valence-corrected chi connectivity index (χ1v) is 7.59. The lowest BCUT2D eigenvalue weighted by Gasteiger charge is -2.07. The minimum atomic E-state index is -4.02. The lowest BCUT2D eigenvalue weighted by atomic mass is 10.2. The monoisotopic (exact) mass is 317 g/mol. The Bertz CT molecular complexity index is 724. The Labute approximate surface area is 118 Å². The van der Waals surface area contributed by atoms with Crippen LogP contribution in [-0.2, 0) is 10.1 Å². The molecular weight excluding hydrogens is 310 g/mol. The van der Waals surface area contributed by atoms with Crippen LogP contribution in [0.1, 0.15) is 10.4 Å². The van der Waals surface area contributed by atoms with E-state index in [1.54, 1.807) is 12.1 Å². The van der Waals surface area contributed by atoms with Crippen molar-refractivity contribution >= 4 is 39.0 Å². The molecule has 1 aromatic heterocycles. The number of halogens is 1. The number of amides is 1. The molecule has 1 amide bonds. The minimum Gasteiger partial charge on any atom is -0.378 e. The summed E-state index contributed by atoms with van der Waals surface area (Å²) in [5, 5.41) is 0. The van der Waals surface area contributed by atoms with Gasteiger partial charge in [-0.1, -0.05) is 23.7 Å². The molecule has 0 bridgehead atoms. The SMILES string of the molecule is NC(=O)c1ccccc1OS(=O)(=O)c1ccc(Cl)s1. The average Bonchev–Trinajstić information content (AvgIpc) is 2.76. The maximum absolute atomic E-state index is 12.0. The molecule has 0 saturated heterocycles. The van der Waals surface area contributed by atoms with E-state index in [1.807, 2.05) is 0 Å². The van der Waals surface area contributed by atoms with Crippen LogP contribution >= 0.6 is 22.9 Å². The highest BCUT2D eigenvalue weighted by molar-refractivity contribution is 7.89. The van der Waals surface area contributed by atoms with Gasteiger partial charge in [-0.25, -0.2) is 0 Å². The van der Waals surface area contributed by atoms with E-state index in [-0.39, 0.29) is 15.5 Å². The Kier molecular flexibility index (Phi) is 3.79. The third-order valence-electron chi connectivity index (χ3n) is 2.15. The molecule has 0 atom stereocenters. The first-order valence-electron chi connectivity index (χ1n) is 4.99. The highest BCUT2D eigenvalue weighted by Crippen LogP contribution is 2.29. The van der Waals surface area contributed by atoms with Gasteiger partial charge in [0, 0.05) is 0 Å². The summed E-state index contributed by atoms with van der Waals surface area (Å²) in [6, 6.07) is 8.61. The highest BCUT2D eigenvalue weighted by atomic mass is 35.5. The molecule has 1 aromatic carbocycles. The van der Waals surface area contributed by atoms with E-state index in [1.165, 1.54) is 24.3 Å². The van der Waals surface area contributed by atoms with Crippen LogP contribution in [0.5, 0.6) is 5.75 Å². The molecular formula is C11H8ClNO4S2. The number of hydrogen-bond donors (Lipinski definition) is 1. The summed E-state index contributed by atoms with van der Waals surface area (Å²) < 4.78 is 29.1. The molecule has 0 unspecified atom stereocenters. The van der Waals surface area contributed by atoms with Crippen molar-refractivity contribution in [2.24, 2.45) is 5.73 Å². The zero-order valence-electron chi connectivity index (χ0n) is 9.37. The molecule has 0 spiro atoms. The number of carbonyl (C=O) groups is 1. The largest absolute Gasteiger partial charge is 0.378 e. The second-order valence-corrected chi connectivity index (χ2v) is 6.94. The predicted molar refractivity (Wildman–Crippen MR) is 72.1 cm³/mol. The third-order valence-corrected chi connectivity index (χ3v) is 5.06. The molecule has 0 saturated carbocycles. The predicted octanol–water partition coefficient (Wildman–Crippen LogP) is 2.27. The number of carbonyl (C=O) groups excluding carboxylic acids is 1. The fourth-order valence-electron chi connectivity index (χ4n) is 1.33. The maximum Gasteiger partial charge on any atom is 0.348 e. The molecule has 0 radical (unpaired) electrons. The molecule has 8 heteroatoms. The van der Waals surface area contributed by atoms with E-state index < -0.39 is 16.0 Å². The Morgan fingerprint density at radius 2 is 1.89 bits per heavy atom. The van der Waals surface area contributed by atoms with Crippen LogP contribution < -0.4 is 9.92 Å². The number of primary amides is 1. The van der Waals surface area contributed by atoms with Crippen LogP contribution in [-0.4, -0.2) is 14.3 Å². The van der Waals surface area contributed by atoms with E-state index in [9.17, 15) is 13.2 Å². The van der Waals surface area contributed by atoms with Crippen LogP contribution in [0.3, 0.4) is 0 Å². The van der Waals surface area contributed by atoms with Gasteiger partial charge >= 0.3 is 10.1 Å². The number of para-hydroxylation sites is 1. The fraction of sp³-hybridized carbons (Fsp3) is 0. The van der Waals surface area contributed by atoms with E-state index >= 15 is 0 Å². The summed E-state index contributed by atoms with van der Waals surface area (Å²) in [4.78, 5) is 11.2. The summed E-state index contributed by atoms with van der Waals surface area (Å²) in [5.74, 6) is -0.880. The topological polar surface area (TPSA) is 86.5 Å².